The zero-order valence-electron chi connectivity index (χ0n) is 12.3. The summed E-state index contributed by atoms with van der Waals surface area (Å²) < 4.78 is 0. The van der Waals surface area contributed by atoms with E-state index in [1.807, 2.05) is 13.8 Å². The third-order valence-electron chi connectivity index (χ3n) is 2.96. The Balaban J connectivity index is 3.01. The maximum atomic E-state index is 11.1. The van der Waals surface area contributed by atoms with Gasteiger partial charge in [0.15, 0.2) is 0 Å². The van der Waals surface area contributed by atoms with E-state index in [9.17, 15) is 20.0 Å². The van der Waals surface area contributed by atoms with Crippen molar-refractivity contribution >= 4 is 17.3 Å². The maximum absolute atomic E-state index is 11.1. The fourth-order valence-corrected chi connectivity index (χ4v) is 2.29. The minimum absolute atomic E-state index is 0.0870. The lowest BCUT2D eigenvalue weighted by atomic mass is 9.94. The second kappa shape index (κ2) is 6.53. The molecule has 0 saturated heterocycles. The molecule has 7 nitrogen and oxygen atoms in total. The number of carboxylic acid groups (broad SMARTS) is 1. The molecule has 3 N–H and O–H groups in total. The van der Waals surface area contributed by atoms with Crippen molar-refractivity contribution in [3.8, 4) is 0 Å². The largest absolute Gasteiger partial charge is 0.477 e. The van der Waals surface area contributed by atoms with E-state index in [-0.39, 0.29) is 23.7 Å². The summed E-state index contributed by atoms with van der Waals surface area (Å²) >= 11 is 0. The van der Waals surface area contributed by atoms with Gasteiger partial charge in [-0.2, -0.15) is 0 Å². The molecule has 0 radical (unpaired) electrons. The van der Waals surface area contributed by atoms with Crippen LogP contribution in [0.3, 0.4) is 0 Å². The van der Waals surface area contributed by atoms with Gasteiger partial charge < -0.3 is 15.5 Å². The third kappa shape index (κ3) is 4.71. The Kier molecular flexibility index (Phi) is 5.26. The first kappa shape index (κ1) is 16.9. The molecular weight excluding hydrogens is 276 g/mol. The highest BCUT2D eigenvalue weighted by Crippen LogP contribution is 2.29. The number of benzene rings is 1. The lowest BCUT2D eigenvalue weighted by Crippen LogP contribution is -2.35. The molecule has 21 heavy (non-hydrogen) atoms. The van der Waals surface area contributed by atoms with E-state index in [0.29, 0.717) is 6.42 Å². The highest BCUT2D eigenvalue weighted by molar-refractivity contribution is 5.95. The van der Waals surface area contributed by atoms with E-state index in [1.54, 1.807) is 6.92 Å². The van der Waals surface area contributed by atoms with Gasteiger partial charge >= 0.3 is 11.7 Å². The lowest BCUT2D eigenvalue weighted by molar-refractivity contribution is -0.384. The molecule has 1 atom stereocenters. The second-order valence-electron chi connectivity index (χ2n) is 5.71. The Labute approximate surface area is 122 Å². The first-order valence-corrected chi connectivity index (χ1v) is 6.61. The fourth-order valence-electron chi connectivity index (χ4n) is 2.29. The smallest absolute Gasteiger partial charge is 0.342 e. The van der Waals surface area contributed by atoms with E-state index >= 15 is 0 Å². The average Bonchev–Trinajstić information content (AvgIpc) is 2.34. The highest BCUT2D eigenvalue weighted by atomic mass is 16.6. The average molecular weight is 296 g/mol. The number of carbonyl (C=O) groups is 1. The minimum Gasteiger partial charge on any atom is -0.477 e. The van der Waals surface area contributed by atoms with Crippen LogP contribution in [0.25, 0.3) is 0 Å². The molecule has 1 rings (SSSR count). The standard InChI is InChI=1S/C14H20N2O5/c1-9(2)7-14(3,19)8-15-11-6-4-5-10(13(17)18)12(11)16(20)21/h4-6,9,15,19H,7-8H2,1-3H3,(H,17,18). The molecule has 116 valence electrons. The lowest BCUT2D eigenvalue weighted by Gasteiger charge is -2.26. The van der Waals surface area contributed by atoms with Gasteiger partial charge in [0.25, 0.3) is 0 Å². The van der Waals surface area contributed by atoms with Crippen LogP contribution in [-0.2, 0) is 0 Å². The molecule has 0 fully saturated rings. The van der Waals surface area contributed by atoms with Crippen LogP contribution in [-0.4, -0.2) is 33.3 Å². The molecule has 0 aromatic heterocycles. The van der Waals surface area contributed by atoms with Crippen molar-refractivity contribution in [3.05, 3.63) is 33.9 Å². The van der Waals surface area contributed by atoms with Gasteiger partial charge in [-0.1, -0.05) is 19.9 Å². The van der Waals surface area contributed by atoms with Crippen molar-refractivity contribution in [2.45, 2.75) is 32.8 Å². The Morgan fingerprint density at radius 1 is 1.48 bits per heavy atom. The molecular formula is C14H20N2O5. The van der Waals surface area contributed by atoms with E-state index in [2.05, 4.69) is 5.32 Å². The number of anilines is 1. The zero-order chi connectivity index (χ0) is 16.2. The Bertz CT molecular complexity index is 540. The number of carboxylic acids is 1. The number of para-hydroxylation sites is 1. The molecule has 0 amide bonds. The van der Waals surface area contributed by atoms with Gasteiger partial charge in [0.1, 0.15) is 11.3 Å². The molecule has 0 bridgehead atoms. The second-order valence-corrected chi connectivity index (χ2v) is 5.71. The molecule has 0 aliphatic rings. The summed E-state index contributed by atoms with van der Waals surface area (Å²) in [6.45, 7) is 5.64. The van der Waals surface area contributed by atoms with Crippen LogP contribution in [0.1, 0.15) is 37.6 Å². The summed E-state index contributed by atoms with van der Waals surface area (Å²) in [5.74, 6) is -1.10. The quantitative estimate of drug-likeness (QED) is 0.526. The van der Waals surface area contributed by atoms with Crippen molar-refractivity contribution in [1.29, 1.82) is 0 Å². The first-order valence-electron chi connectivity index (χ1n) is 6.61. The normalized spacial score (nSPS) is 13.8. The van der Waals surface area contributed by atoms with Crippen LogP contribution in [0.5, 0.6) is 0 Å². The number of nitrogens with one attached hydrogen (secondary N) is 1. The van der Waals surface area contributed by atoms with Crippen LogP contribution < -0.4 is 5.32 Å². The molecule has 0 aliphatic heterocycles. The van der Waals surface area contributed by atoms with Gasteiger partial charge in [-0.15, -0.1) is 0 Å². The molecule has 0 spiro atoms. The number of nitro groups is 1. The molecule has 7 heteroatoms. The number of nitro benzene ring substituents is 1. The molecule has 1 aromatic carbocycles. The van der Waals surface area contributed by atoms with Crippen molar-refractivity contribution in [2.24, 2.45) is 5.92 Å². The molecule has 0 aliphatic carbocycles. The minimum atomic E-state index is -1.36. The van der Waals surface area contributed by atoms with Gasteiger partial charge in [0.05, 0.1) is 10.5 Å². The first-order chi connectivity index (χ1) is 9.64. The fraction of sp³-hybridized carbons (Fsp3) is 0.500. The van der Waals surface area contributed by atoms with E-state index in [0.717, 1.165) is 0 Å². The van der Waals surface area contributed by atoms with Crippen LogP contribution in [0.2, 0.25) is 0 Å². The summed E-state index contributed by atoms with van der Waals surface area (Å²) in [4.78, 5) is 21.4. The number of nitrogens with zero attached hydrogens (tertiary/aromatic N) is 1. The van der Waals surface area contributed by atoms with Crippen molar-refractivity contribution in [2.75, 3.05) is 11.9 Å². The number of hydrogen-bond acceptors (Lipinski definition) is 5. The van der Waals surface area contributed by atoms with E-state index in [4.69, 9.17) is 5.11 Å². The van der Waals surface area contributed by atoms with Gasteiger partial charge in [-0.25, -0.2) is 4.79 Å². The van der Waals surface area contributed by atoms with Crippen LogP contribution >= 0.6 is 0 Å². The summed E-state index contributed by atoms with van der Waals surface area (Å²) in [7, 11) is 0. The topological polar surface area (TPSA) is 113 Å². The highest BCUT2D eigenvalue weighted by Gasteiger charge is 2.27. The molecule has 1 aromatic rings. The van der Waals surface area contributed by atoms with Crippen LogP contribution in [0, 0.1) is 16.0 Å². The van der Waals surface area contributed by atoms with Crippen molar-refractivity contribution in [3.63, 3.8) is 0 Å². The van der Waals surface area contributed by atoms with Crippen molar-refractivity contribution in [1.82, 2.24) is 0 Å². The molecule has 0 saturated carbocycles. The van der Waals surface area contributed by atoms with E-state index < -0.39 is 22.2 Å². The number of rotatable bonds is 7. The molecule has 1 unspecified atom stereocenters. The maximum Gasteiger partial charge on any atom is 0.342 e. The SMILES string of the molecule is CC(C)CC(C)(O)CNc1cccc(C(=O)O)c1[N+](=O)[O-]. The Hall–Kier alpha value is -2.15. The van der Waals surface area contributed by atoms with Crippen molar-refractivity contribution < 1.29 is 19.9 Å². The summed E-state index contributed by atoms with van der Waals surface area (Å²) in [6.07, 6.45) is 0.520. The number of aromatic carboxylic acids is 1. The summed E-state index contributed by atoms with van der Waals surface area (Å²) in [5.41, 5.74) is -1.83. The predicted octanol–water partition coefficient (Wildman–Crippen LogP) is 2.50. The third-order valence-corrected chi connectivity index (χ3v) is 2.96. The monoisotopic (exact) mass is 296 g/mol. The van der Waals surface area contributed by atoms with Gasteiger partial charge in [-0.3, -0.25) is 10.1 Å². The Morgan fingerprint density at radius 2 is 2.10 bits per heavy atom. The number of hydrogen-bond donors (Lipinski definition) is 3. The van der Waals surface area contributed by atoms with Gasteiger partial charge in [0.2, 0.25) is 0 Å². The van der Waals surface area contributed by atoms with Crippen LogP contribution in [0.15, 0.2) is 18.2 Å². The number of aliphatic hydroxyl groups is 1. The zero-order valence-corrected chi connectivity index (χ0v) is 12.3. The molecule has 0 heterocycles. The van der Waals surface area contributed by atoms with Crippen LogP contribution in [0.4, 0.5) is 11.4 Å². The van der Waals surface area contributed by atoms with Gasteiger partial charge in [0, 0.05) is 6.54 Å². The summed E-state index contributed by atoms with van der Waals surface area (Å²) in [6, 6.07) is 4.03. The van der Waals surface area contributed by atoms with Gasteiger partial charge in [-0.05, 0) is 31.4 Å². The Morgan fingerprint density at radius 3 is 2.57 bits per heavy atom. The van der Waals surface area contributed by atoms with E-state index in [1.165, 1.54) is 18.2 Å². The predicted molar refractivity (Wildman–Crippen MR) is 78.6 cm³/mol. The summed E-state index contributed by atoms with van der Waals surface area (Å²) in [5, 5.41) is 33.1.